The molecule has 2 aromatic heterocycles. The minimum atomic E-state index is -1.17. The van der Waals surface area contributed by atoms with Crippen LogP contribution in [0.5, 0.6) is 0 Å². The molecular formula is C12H12N4O5. The molecule has 0 aliphatic carbocycles. The molecule has 21 heavy (non-hydrogen) atoms. The predicted molar refractivity (Wildman–Crippen MR) is 69.8 cm³/mol. The molecule has 0 radical (unpaired) electrons. The first-order valence-corrected chi connectivity index (χ1v) is 5.96. The number of nitrogens with one attached hydrogen (secondary N) is 3. The van der Waals surface area contributed by atoms with Gasteiger partial charge in [-0.3, -0.25) is 14.7 Å². The second kappa shape index (κ2) is 6.37. The third kappa shape index (κ3) is 3.93. The van der Waals surface area contributed by atoms with Gasteiger partial charge in [-0.2, -0.15) is 5.10 Å². The van der Waals surface area contributed by atoms with E-state index in [1.165, 1.54) is 18.4 Å². The summed E-state index contributed by atoms with van der Waals surface area (Å²) in [7, 11) is 0. The second-order valence-electron chi connectivity index (χ2n) is 4.00. The Morgan fingerprint density at radius 2 is 2.19 bits per heavy atom. The third-order valence-electron chi connectivity index (χ3n) is 2.46. The van der Waals surface area contributed by atoms with Gasteiger partial charge < -0.3 is 20.2 Å². The van der Waals surface area contributed by atoms with E-state index in [1.807, 2.05) is 0 Å². The lowest BCUT2D eigenvalue weighted by molar-refractivity contribution is -0.116. The summed E-state index contributed by atoms with van der Waals surface area (Å²) >= 11 is 0. The first kappa shape index (κ1) is 14.3. The summed E-state index contributed by atoms with van der Waals surface area (Å²) < 4.78 is 4.89. The molecule has 0 atom stereocenters. The Kier molecular flexibility index (Phi) is 4.34. The van der Waals surface area contributed by atoms with E-state index in [9.17, 15) is 14.4 Å². The molecule has 4 N–H and O–H groups in total. The molecule has 0 unspecified atom stereocenters. The Morgan fingerprint density at radius 1 is 1.38 bits per heavy atom. The molecule has 0 aliphatic heterocycles. The summed E-state index contributed by atoms with van der Waals surface area (Å²) in [6.45, 7) is 0.113. The monoisotopic (exact) mass is 292 g/mol. The topological polar surface area (TPSA) is 137 Å². The number of aromatic amines is 1. The highest BCUT2D eigenvalue weighted by molar-refractivity contribution is 5.94. The van der Waals surface area contributed by atoms with Crippen LogP contribution >= 0.6 is 0 Å². The van der Waals surface area contributed by atoms with Crippen LogP contribution in [0, 0.1) is 0 Å². The van der Waals surface area contributed by atoms with E-state index in [-0.39, 0.29) is 30.2 Å². The highest BCUT2D eigenvalue weighted by Gasteiger charge is 2.11. The van der Waals surface area contributed by atoms with Gasteiger partial charge in [0.1, 0.15) is 5.69 Å². The summed E-state index contributed by atoms with van der Waals surface area (Å²) in [5, 5.41) is 19.5. The van der Waals surface area contributed by atoms with Gasteiger partial charge in [0, 0.05) is 19.0 Å². The maximum atomic E-state index is 11.6. The van der Waals surface area contributed by atoms with Gasteiger partial charge in [0.25, 0.3) is 5.91 Å². The Hall–Kier alpha value is -3.10. The average molecular weight is 292 g/mol. The molecule has 9 heteroatoms. The van der Waals surface area contributed by atoms with Crippen LogP contribution in [-0.4, -0.2) is 39.6 Å². The number of carboxylic acids is 1. The summed E-state index contributed by atoms with van der Waals surface area (Å²) in [5.41, 5.74) is -0.128. The fourth-order valence-corrected chi connectivity index (χ4v) is 1.49. The van der Waals surface area contributed by atoms with Crippen molar-refractivity contribution >= 4 is 23.6 Å². The van der Waals surface area contributed by atoms with E-state index >= 15 is 0 Å². The Bertz CT molecular complexity index is 646. The van der Waals surface area contributed by atoms with Crippen molar-refractivity contribution in [3.63, 3.8) is 0 Å². The average Bonchev–Trinajstić information content (AvgIpc) is 3.09. The van der Waals surface area contributed by atoms with Gasteiger partial charge in [0.2, 0.25) is 5.91 Å². The first-order valence-electron chi connectivity index (χ1n) is 5.96. The van der Waals surface area contributed by atoms with E-state index in [0.29, 0.717) is 0 Å². The van der Waals surface area contributed by atoms with E-state index in [1.54, 1.807) is 6.07 Å². The number of carboxylic acid groups (broad SMARTS) is 1. The van der Waals surface area contributed by atoms with Crippen LogP contribution in [0.1, 0.15) is 27.5 Å². The number of furan rings is 1. The van der Waals surface area contributed by atoms with E-state index in [2.05, 4.69) is 20.8 Å². The van der Waals surface area contributed by atoms with Crippen molar-refractivity contribution in [2.24, 2.45) is 0 Å². The Morgan fingerprint density at radius 3 is 2.81 bits per heavy atom. The zero-order valence-corrected chi connectivity index (χ0v) is 10.8. The number of hydrogen-bond donors (Lipinski definition) is 4. The van der Waals surface area contributed by atoms with Gasteiger partial charge in [0.05, 0.1) is 6.26 Å². The smallest absolute Gasteiger partial charge is 0.353 e. The Balaban J connectivity index is 1.74. The van der Waals surface area contributed by atoms with Crippen molar-refractivity contribution in [1.82, 2.24) is 15.5 Å². The van der Waals surface area contributed by atoms with Gasteiger partial charge in [0.15, 0.2) is 11.6 Å². The molecule has 0 aliphatic rings. The molecule has 0 saturated carbocycles. The van der Waals surface area contributed by atoms with E-state index in [4.69, 9.17) is 9.52 Å². The number of carbonyl (C=O) groups excluding carboxylic acids is 2. The van der Waals surface area contributed by atoms with Crippen LogP contribution in [0.3, 0.4) is 0 Å². The van der Waals surface area contributed by atoms with Crippen LogP contribution in [-0.2, 0) is 4.79 Å². The first-order chi connectivity index (χ1) is 10.1. The highest BCUT2D eigenvalue weighted by Crippen LogP contribution is 2.05. The van der Waals surface area contributed by atoms with Crippen molar-refractivity contribution in [2.75, 3.05) is 11.9 Å². The van der Waals surface area contributed by atoms with Gasteiger partial charge in [-0.25, -0.2) is 4.79 Å². The summed E-state index contributed by atoms with van der Waals surface area (Å²) in [5.74, 6) is -1.73. The quantitative estimate of drug-likeness (QED) is 0.610. The third-order valence-corrected chi connectivity index (χ3v) is 2.46. The minimum Gasteiger partial charge on any atom is -0.477 e. The van der Waals surface area contributed by atoms with E-state index < -0.39 is 17.8 Å². The summed E-state index contributed by atoms with van der Waals surface area (Å²) in [6, 6.07) is 4.29. The number of amides is 2. The van der Waals surface area contributed by atoms with Crippen LogP contribution in [0.25, 0.3) is 0 Å². The lowest BCUT2D eigenvalue weighted by Gasteiger charge is -2.03. The molecule has 2 aromatic rings. The number of anilines is 1. The number of aromatic nitrogens is 2. The van der Waals surface area contributed by atoms with Crippen molar-refractivity contribution < 1.29 is 23.9 Å². The zero-order chi connectivity index (χ0) is 15.2. The van der Waals surface area contributed by atoms with Crippen LogP contribution < -0.4 is 10.6 Å². The fraction of sp³-hybridized carbons (Fsp3) is 0.167. The van der Waals surface area contributed by atoms with Crippen LogP contribution in [0.2, 0.25) is 0 Å². The molecule has 9 nitrogen and oxygen atoms in total. The van der Waals surface area contributed by atoms with Gasteiger partial charge in [-0.05, 0) is 12.1 Å². The van der Waals surface area contributed by atoms with E-state index in [0.717, 1.165) is 0 Å². The van der Waals surface area contributed by atoms with Gasteiger partial charge >= 0.3 is 5.97 Å². The maximum absolute atomic E-state index is 11.6. The highest BCUT2D eigenvalue weighted by atomic mass is 16.4. The molecule has 0 fully saturated rings. The summed E-state index contributed by atoms with van der Waals surface area (Å²) in [6.07, 6.45) is 1.39. The Labute approximate surface area is 118 Å². The van der Waals surface area contributed by atoms with Gasteiger partial charge in [-0.1, -0.05) is 0 Å². The molecule has 2 heterocycles. The van der Waals surface area contributed by atoms with Crippen LogP contribution in [0.4, 0.5) is 5.82 Å². The minimum absolute atomic E-state index is 0.0156. The van der Waals surface area contributed by atoms with Crippen molar-refractivity contribution in [3.05, 3.63) is 35.9 Å². The van der Waals surface area contributed by atoms with Crippen molar-refractivity contribution in [2.45, 2.75) is 6.42 Å². The predicted octanol–water partition coefficient (Wildman–Crippen LogP) is 0.460. The second-order valence-corrected chi connectivity index (χ2v) is 4.00. The number of hydrogen-bond acceptors (Lipinski definition) is 5. The number of carbonyl (C=O) groups is 3. The molecule has 2 rings (SSSR count). The number of H-pyrrole nitrogens is 1. The number of nitrogens with zero attached hydrogens (tertiary/aromatic N) is 1. The lowest BCUT2D eigenvalue weighted by Crippen LogP contribution is -2.27. The standard InChI is InChI=1S/C12H12N4O5/c17-10(14-9-6-7(12(19)20)15-16-9)3-4-13-11(18)8-2-1-5-21-8/h1-2,5-6H,3-4H2,(H,13,18)(H,19,20)(H2,14,15,16,17). The maximum Gasteiger partial charge on any atom is 0.353 e. The molecule has 0 spiro atoms. The molecule has 110 valence electrons. The van der Waals surface area contributed by atoms with Crippen molar-refractivity contribution in [1.29, 1.82) is 0 Å². The van der Waals surface area contributed by atoms with Crippen molar-refractivity contribution in [3.8, 4) is 0 Å². The lowest BCUT2D eigenvalue weighted by atomic mass is 10.3. The largest absolute Gasteiger partial charge is 0.477 e. The van der Waals surface area contributed by atoms with Crippen LogP contribution in [0.15, 0.2) is 28.9 Å². The normalized spacial score (nSPS) is 10.1. The fourth-order valence-electron chi connectivity index (χ4n) is 1.49. The molecular weight excluding hydrogens is 280 g/mol. The number of aromatic carboxylic acids is 1. The summed E-state index contributed by atoms with van der Waals surface area (Å²) in [4.78, 5) is 33.7. The molecule has 0 bridgehead atoms. The zero-order valence-electron chi connectivity index (χ0n) is 10.8. The molecule has 0 saturated heterocycles. The number of rotatable bonds is 6. The SMILES string of the molecule is O=C(CCNC(=O)c1ccco1)Nc1cc(C(=O)O)[nH]n1. The van der Waals surface area contributed by atoms with Gasteiger partial charge in [-0.15, -0.1) is 0 Å². The molecule has 0 aromatic carbocycles. The molecule has 2 amide bonds.